The van der Waals surface area contributed by atoms with Gasteiger partial charge in [-0.1, -0.05) is 45.0 Å². The summed E-state index contributed by atoms with van der Waals surface area (Å²) in [6, 6.07) is 7.88. The quantitative estimate of drug-likeness (QED) is 0.781. The summed E-state index contributed by atoms with van der Waals surface area (Å²) < 4.78 is 0. The van der Waals surface area contributed by atoms with Crippen molar-refractivity contribution in [3.8, 4) is 0 Å². The average Bonchev–Trinajstić information content (AvgIpc) is 2.40. The largest absolute Gasteiger partial charge is 0.480 e. The lowest BCUT2D eigenvalue weighted by molar-refractivity contribution is -0.145. The third-order valence-corrected chi connectivity index (χ3v) is 3.43. The molecule has 1 atom stereocenters. The normalized spacial score (nSPS) is 14.2. The molecule has 0 bridgehead atoms. The summed E-state index contributed by atoms with van der Waals surface area (Å²) in [7, 11) is 0. The first kappa shape index (κ1) is 14.7. The lowest BCUT2D eigenvalue weighted by Crippen LogP contribution is -2.49. The molecule has 2 N–H and O–H groups in total. The van der Waals surface area contributed by atoms with Gasteiger partial charge in [0.1, 0.15) is 5.54 Å². The highest BCUT2D eigenvalue weighted by Gasteiger charge is 2.37. The van der Waals surface area contributed by atoms with E-state index in [2.05, 4.69) is 12.2 Å². The number of carbonyl (C=O) groups is 1. The maximum Gasteiger partial charge on any atom is 0.328 e. The van der Waals surface area contributed by atoms with E-state index < -0.39 is 11.5 Å². The van der Waals surface area contributed by atoms with Crippen LogP contribution < -0.4 is 5.32 Å². The standard InChI is InChI=1S/C15H23NO2/c1-4-11-16-15(6-3,14(17)18)13-9-7-12(5-2)8-10-13/h7-10,16H,4-6,11H2,1-3H3,(H,17,18). The second kappa shape index (κ2) is 6.55. The first-order chi connectivity index (χ1) is 8.60. The second-order valence-corrected chi connectivity index (χ2v) is 4.54. The Hall–Kier alpha value is -1.35. The molecule has 0 aliphatic heterocycles. The molecule has 0 radical (unpaired) electrons. The van der Waals surface area contributed by atoms with E-state index >= 15 is 0 Å². The maximum absolute atomic E-state index is 11.7. The van der Waals surface area contributed by atoms with Gasteiger partial charge in [0.05, 0.1) is 0 Å². The number of nitrogens with one attached hydrogen (secondary N) is 1. The average molecular weight is 249 g/mol. The van der Waals surface area contributed by atoms with E-state index in [-0.39, 0.29) is 0 Å². The molecule has 0 saturated carbocycles. The van der Waals surface area contributed by atoms with Gasteiger partial charge in [-0.25, -0.2) is 4.79 Å². The first-order valence-electron chi connectivity index (χ1n) is 6.68. The number of hydrogen-bond acceptors (Lipinski definition) is 2. The molecule has 0 aliphatic carbocycles. The summed E-state index contributed by atoms with van der Waals surface area (Å²) >= 11 is 0. The van der Waals surface area contributed by atoms with Crippen LogP contribution in [0, 0.1) is 0 Å². The van der Waals surface area contributed by atoms with Gasteiger partial charge in [0.15, 0.2) is 0 Å². The minimum atomic E-state index is -0.956. The summed E-state index contributed by atoms with van der Waals surface area (Å²) in [6.45, 7) is 6.74. The molecule has 1 unspecified atom stereocenters. The molecule has 0 aliphatic rings. The Kier molecular flexibility index (Phi) is 5.35. The predicted molar refractivity (Wildman–Crippen MR) is 73.7 cm³/mol. The van der Waals surface area contributed by atoms with Crippen LogP contribution in [0.3, 0.4) is 0 Å². The molecule has 0 heterocycles. The minimum absolute atomic E-state index is 0.536. The molecule has 3 heteroatoms. The van der Waals surface area contributed by atoms with Crippen molar-refractivity contribution in [2.75, 3.05) is 6.54 Å². The number of rotatable bonds is 7. The van der Waals surface area contributed by atoms with Crippen molar-refractivity contribution in [1.29, 1.82) is 0 Å². The van der Waals surface area contributed by atoms with E-state index in [4.69, 9.17) is 0 Å². The lowest BCUT2D eigenvalue weighted by Gasteiger charge is -2.30. The number of aliphatic carboxylic acids is 1. The van der Waals surface area contributed by atoms with E-state index in [1.54, 1.807) is 0 Å². The maximum atomic E-state index is 11.7. The van der Waals surface area contributed by atoms with Crippen molar-refractivity contribution < 1.29 is 9.90 Å². The van der Waals surface area contributed by atoms with Gasteiger partial charge in [-0.2, -0.15) is 0 Å². The van der Waals surface area contributed by atoms with Crippen LogP contribution in [0.4, 0.5) is 0 Å². The van der Waals surface area contributed by atoms with Crippen molar-refractivity contribution in [2.45, 2.75) is 45.6 Å². The SMILES string of the molecule is CCCNC(CC)(C(=O)O)c1ccc(CC)cc1. The molecule has 1 rings (SSSR count). The highest BCUT2D eigenvalue weighted by Crippen LogP contribution is 2.26. The van der Waals surface area contributed by atoms with Gasteiger partial charge in [0.2, 0.25) is 0 Å². The van der Waals surface area contributed by atoms with Gasteiger partial charge in [0, 0.05) is 0 Å². The Morgan fingerprint density at radius 3 is 2.22 bits per heavy atom. The molecule has 0 saturated heterocycles. The smallest absolute Gasteiger partial charge is 0.328 e. The molecule has 1 aromatic rings. The van der Waals surface area contributed by atoms with Crippen LogP contribution in [0.15, 0.2) is 24.3 Å². The molecule has 0 amide bonds. The van der Waals surface area contributed by atoms with Crippen LogP contribution in [-0.4, -0.2) is 17.6 Å². The fourth-order valence-corrected chi connectivity index (χ4v) is 2.14. The number of carboxylic acid groups (broad SMARTS) is 1. The van der Waals surface area contributed by atoms with Gasteiger partial charge in [-0.15, -0.1) is 0 Å². The molecule has 18 heavy (non-hydrogen) atoms. The second-order valence-electron chi connectivity index (χ2n) is 4.54. The minimum Gasteiger partial charge on any atom is -0.480 e. The third kappa shape index (κ3) is 2.91. The molecule has 0 fully saturated rings. The lowest BCUT2D eigenvalue weighted by atomic mass is 9.86. The van der Waals surface area contributed by atoms with Crippen LogP contribution >= 0.6 is 0 Å². The third-order valence-electron chi connectivity index (χ3n) is 3.43. The monoisotopic (exact) mass is 249 g/mol. The molecular weight excluding hydrogens is 226 g/mol. The Balaban J connectivity index is 3.10. The van der Waals surface area contributed by atoms with Crippen LogP contribution in [0.5, 0.6) is 0 Å². The molecular formula is C15H23NO2. The Labute approximate surface area is 109 Å². The Morgan fingerprint density at radius 2 is 1.83 bits per heavy atom. The van der Waals surface area contributed by atoms with Gasteiger partial charge in [0.25, 0.3) is 0 Å². The number of hydrogen-bond donors (Lipinski definition) is 2. The van der Waals surface area contributed by atoms with Crippen LogP contribution in [0.1, 0.15) is 44.7 Å². The van der Waals surface area contributed by atoms with Crippen LogP contribution in [0.25, 0.3) is 0 Å². The van der Waals surface area contributed by atoms with Crippen molar-refractivity contribution in [1.82, 2.24) is 5.32 Å². The fraction of sp³-hybridized carbons (Fsp3) is 0.533. The summed E-state index contributed by atoms with van der Waals surface area (Å²) in [6.07, 6.45) is 2.42. The predicted octanol–water partition coefficient (Wildman–Crippen LogP) is 2.94. The van der Waals surface area contributed by atoms with Gasteiger partial charge >= 0.3 is 5.97 Å². The molecule has 0 spiro atoms. The van der Waals surface area contributed by atoms with E-state index in [0.29, 0.717) is 13.0 Å². The Morgan fingerprint density at radius 1 is 1.22 bits per heavy atom. The Bertz CT molecular complexity index is 386. The molecule has 3 nitrogen and oxygen atoms in total. The molecule has 100 valence electrons. The van der Waals surface area contributed by atoms with Gasteiger partial charge in [-0.3, -0.25) is 5.32 Å². The highest BCUT2D eigenvalue weighted by molar-refractivity contribution is 5.80. The zero-order chi connectivity index (χ0) is 13.6. The molecule has 1 aromatic carbocycles. The summed E-state index contributed by atoms with van der Waals surface area (Å²) in [4.78, 5) is 11.7. The zero-order valence-corrected chi connectivity index (χ0v) is 11.5. The van der Waals surface area contributed by atoms with E-state index in [1.165, 1.54) is 5.56 Å². The van der Waals surface area contributed by atoms with Crippen LogP contribution in [-0.2, 0) is 16.8 Å². The van der Waals surface area contributed by atoms with Crippen molar-refractivity contribution in [3.05, 3.63) is 35.4 Å². The van der Waals surface area contributed by atoms with Gasteiger partial charge in [-0.05, 0) is 36.9 Å². The van der Waals surface area contributed by atoms with E-state index in [1.807, 2.05) is 38.1 Å². The summed E-state index contributed by atoms with van der Waals surface area (Å²) in [5.41, 5.74) is 1.11. The van der Waals surface area contributed by atoms with Crippen molar-refractivity contribution in [3.63, 3.8) is 0 Å². The summed E-state index contributed by atoms with van der Waals surface area (Å²) in [5.74, 6) is -0.803. The summed E-state index contributed by atoms with van der Waals surface area (Å²) in [5, 5.41) is 12.8. The van der Waals surface area contributed by atoms with E-state index in [9.17, 15) is 9.90 Å². The van der Waals surface area contributed by atoms with Gasteiger partial charge < -0.3 is 5.11 Å². The first-order valence-corrected chi connectivity index (χ1v) is 6.68. The van der Waals surface area contributed by atoms with Crippen LogP contribution in [0.2, 0.25) is 0 Å². The fourth-order valence-electron chi connectivity index (χ4n) is 2.14. The van der Waals surface area contributed by atoms with Crippen molar-refractivity contribution >= 4 is 5.97 Å². The number of benzene rings is 1. The topological polar surface area (TPSA) is 49.3 Å². The number of aryl methyl sites for hydroxylation is 1. The highest BCUT2D eigenvalue weighted by atomic mass is 16.4. The van der Waals surface area contributed by atoms with E-state index in [0.717, 1.165) is 18.4 Å². The zero-order valence-electron chi connectivity index (χ0n) is 11.5. The molecule has 0 aromatic heterocycles. The van der Waals surface area contributed by atoms with Crippen molar-refractivity contribution in [2.24, 2.45) is 0 Å². The number of carboxylic acids is 1.